The van der Waals surface area contributed by atoms with Gasteiger partial charge in [0.25, 0.3) is 0 Å². The molecule has 0 radical (unpaired) electrons. The van der Waals surface area contributed by atoms with E-state index >= 15 is 0 Å². The molecule has 3 fully saturated rings. The smallest absolute Gasteiger partial charge is 0.109 e. The first-order valence-electron chi connectivity index (χ1n) is 7.74. The van der Waals surface area contributed by atoms with E-state index in [2.05, 4.69) is 0 Å². The van der Waals surface area contributed by atoms with Crippen molar-refractivity contribution in [2.45, 2.75) is 34.6 Å². The van der Waals surface area contributed by atoms with Crippen LogP contribution in [0.25, 0.3) is 0 Å². The van der Waals surface area contributed by atoms with E-state index in [1.54, 1.807) is 0 Å². The molecule has 27 heavy (non-hydrogen) atoms. The van der Waals surface area contributed by atoms with Crippen LogP contribution in [0, 0.1) is 23.7 Å². The van der Waals surface area contributed by atoms with Gasteiger partial charge in [-0.15, -0.1) is 46.4 Å². The number of rotatable bonds is 0. The highest BCUT2D eigenvalue weighted by atomic mass is 35.5. The predicted octanol–water partition coefficient (Wildman–Crippen LogP) is 8.55. The Labute approximate surface area is 215 Å². The molecule has 0 aromatic carbocycles. The summed E-state index contributed by atoms with van der Waals surface area (Å²) in [5, 5.41) is 0.417. The third kappa shape index (κ3) is 1.71. The molecule has 0 unspecified atom stereocenters. The van der Waals surface area contributed by atoms with Gasteiger partial charge < -0.3 is 0 Å². The predicted molar refractivity (Wildman–Crippen MR) is 119 cm³/mol. The lowest BCUT2D eigenvalue weighted by Gasteiger charge is -2.43. The Kier molecular flexibility index (Phi) is 4.47. The second kappa shape index (κ2) is 5.53. The summed E-state index contributed by atoms with van der Waals surface area (Å²) in [6.45, 7) is 0. The van der Waals surface area contributed by atoms with Crippen molar-refractivity contribution in [2.24, 2.45) is 23.7 Å². The van der Waals surface area contributed by atoms with Gasteiger partial charge in [-0.05, 0) is 30.1 Å². The number of fused-ring (bicyclic) bond motifs is 11. The van der Waals surface area contributed by atoms with Crippen LogP contribution in [-0.4, -0.2) is 28.2 Å². The van der Waals surface area contributed by atoms with E-state index < -0.39 is 40.0 Å². The van der Waals surface area contributed by atoms with Crippen molar-refractivity contribution in [3.05, 3.63) is 20.1 Å². The molecule has 150 valence electrons. The van der Waals surface area contributed by atoms with Crippen molar-refractivity contribution in [1.29, 1.82) is 0 Å². The van der Waals surface area contributed by atoms with Crippen molar-refractivity contribution >= 4 is 139 Å². The molecule has 8 atom stereocenters. The molecule has 12 heteroatoms. The van der Waals surface area contributed by atoms with Crippen LogP contribution in [0.1, 0.15) is 6.42 Å². The third-order valence-electron chi connectivity index (χ3n) is 7.19. The quantitative estimate of drug-likeness (QED) is 0.241. The van der Waals surface area contributed by atoms with Gasteiger partial charge >= 0.3 is 0 Å². The third-order valence-corrected chi connectivity index (χ3v) is 15.8. The van der Waals surface area contributed by atoms with E-state index in [1.165, 1.54) is 0 Å². The lowest BCUT2D eigenvalue weighted by molar-refractivity contribution is 0.258. The summed E-state index contributed by atoms with van der Waals surface area (Å²) in [5.74, 6) is -1.82. The van der Waals surface area contributed by atoms with E-state index in [0.29, 0.717) is 6.42 Å². The Morgan fingerprint density at radius 2 is 0.741 bits per heavy atom. The number of alkyl halides is 8. The Bertz CT molecular complexity index is 806. The molecule has 0 amide bonds. The first-order chi connectivity index (χ1) is 12.1. The maximum absolute atomic E-state index is 7.01. The molecular formula is C15H6Cl12. The van der Waals surface area contributed by atoms with E-state index in [0.717, 1.165) is 0 Å². The molecule has 0 nitrogen and oxygen atoms in total. The fraction of sp³-hybridized carbons (Fsp3) is 0.733. The van der Waals surface area contributed by atoms with Crippen molar-refractivity contribution in [1.82, 2.24) is 0 Å². The minimum Gasteiger partial charge on any atom is -0.109 e. The zero-order valence-corrected chi connectivity index (χ0v) is 21.6. The fourth-order valence-electron chi connectivity index (χ4n) is 6.16. The van der Waals surface area contributed by atoms with Crippen LogP contribution in [0.2, 0.25) is 0 Å². The highest BCUT2D eigenvalue weighted by Gasteiger charge is 2.92. The minimum absolute atomic E-state index is 0.0836. The fourth-order valence-corrected chi connectivity index (χ4v) is 12.4. The molecule has 0 N–H and O–H groups in total. The van der Waals surface area contributed by atoms with Gasteiger partial charge in [0, 0.05) is 0 Å². The van der Waals surface area contributed by atoms with Crippen LogP contribution >= 0.6 is 139 Å². The Hall–Kier alpha value is 2.96. The summed E-state index contributed by atoms with van der Waals surface area (Å²) in [6, 6.07) is 0. The number of allylic oxidation sites excluding steroid dienone is 4. The van der Waals surface area contributed by atoms with Crippen LogP contribution in [-0.2, 0) is 0 Å². The molecule has 5 rings (SSSR count). The standard InChI is InChI=1S/C15H6Cl12/c16-6-8(18)12(22)4-2(10(6,20)14(12,24)25)1-3-5(4)13(23)9(19)7(17)11(3,21)15(13,26)27/h2-5H,1H2/t2-,3+,4-,5-,10-,11+,12-,13+/m1/s1. The lowest BCUT2D eigenvalue weighted by atomic mass is 9.74. The van der Waals surface area contributed by atoms with Crippen LogP contribution in [0.4, 0.5) is 0 Å². The summed E-state index contributed by atoms with van der Waals surface area (Å²) >= 11 is 80.6. The Balaban J connectivity index is 1.80. The summed E-state index contributed by atoms with van der Waals surface area (Å²) < 4.78 is -3.37. The molecule has 0 aromatic rings. The zero-order chi connectivity index (χ0) is 20.3. The molecule has 0 aliphatic heterocycles. The summed E-state index contributed by atoms with van der Waals surface area (Å²) in [6.07, 6.45) is 0.397. The van der Waals surface area contributed by atoms with Gasteiger partial charge in [-0.3, -0.25) is 0 Å². The van der Waals surface area contributed by atoms with Crippen LogP contribution in [0.15, 0.2) is 20.1 Å². The van der Waals surface area contributed by atoms with Gasteiger partial charge in [0.1, 0.15) is 19.5 Å². The highest BCUT2D eigenvalue weighted by Crippen LogP contribution is 2.88. The minimum atomic E-state index is -1.69. The van der Waals surface area contributed by atoms with Gasteiger partial charge in [0.15, 0.2) is 8.67 Å². The average molecular weight is 612 g/mol. The summed E-state index contributed by atoms with van der Waals surface area (Å²) in [5.41, 5.74) is 0. The monoisotopic (exact) mass is 606 g/mol. The van der Waals surface area contributed by atoms with Crippen molar-refractivity contribution in [3.8, 4) is 0 Å². The van der Waals surface area contributed by atoms with Gasteiger partial charge in [-0.1, -0.05) is 92.8 Å². The highest BCUT2D eigenvalue weighted by molar-refractivity contribution is 6.67. The summed E-state index contributed by atoms with van der Waals surface area (Å²) in [7, 11) is 0. The van der Waals surface area contributed by atoms with Crippen molar-refractivity contribution in [2.75, 3.05) is 0 Å². The molecule has 3 saturated carbocycles. The van der Waals surface area contributed by atoms with Gasteiger partial charge in [0.05, 0.1) is 20.1 Å². The molecule has 5 aliphatic carbocycles. The number of halogens is 12. The van der Waals surface area contributed by atoms with E-state index in [1.807, 2.05) is 0 Å². The van der Waals surface area contributed by atoms with Gasteiger partial charge in [0.2, 0.25) is 0 Å². The molecule has 4 bridgehead atoms. The van der Waals surface area contributed by atoms with E-state index in [-0.39, 0.29) is 32.0 Å². The van der Waals surface area contributed by atoms with Crippen molar-refractivity contribution in [3.63, 3.8) is 0 Å². The largest absolute Gasteiger partial charge is 0.166 e. The average Bonchev–Trinajstić information content (AvgIpc) is 3.16. The maximum atomic E-state index is 7.01. The van der Waals surface area contributed by atoms with Crippen LogP contribution in [0.5, 0.6) is 0 Å². The van der Waals surface area contributed by atoms with Gasteiger partial charge in [-0.2, -0.15) is 0 Å². The van der Waals surface area contributed by atoms with Crippen LogP contribution in [0.3, 0.4) is 0 Å². The van der Waals surface area contributed by atoms with Crippen LogP contribution < -0.4 is 0 Å². The topological polar surface area (TPSA) is 0 Å². The lowest BCUT2D eigenvalue weighted by Crippen LogP contribution is -2.51. The Morgan fingerprint density at radius 3 is 1.04 bits per heavy atom. The molecule has 0 aromatic heterocycles. The first-order valence-corrected chi connectivity index (χ1v) is 12.3. The first kappa shape index (κ1) is 21.8. The zero-order valence-electron chi connectivity index (χ0n) is 12.6. The maximum Gasteiger partial charge on any atom is 0.166 e. The van der Waals surface area contributed by atoms with E-state index in [9.17, 15) is 0 Å². The van der Waals surface area contributed by atoms with Gasteiger partial charge in [-0.25, -0.2) is 0 Å². The molecular weight excluding hydrogens is 606 g/mol. The number of hydrogen-bond donors (Lipinski definition) is 0. The molecule has 0 heterocycles. The van der Waals surface area contributed by atoms with Crippen molar-refractivity contribution < 1.29 is 0 Å². The Morgan fingerprint density at radius 1 is 0.481 bits per heavy atom. The SMILES string of the molecule is ClC1=C(Cl)[C@@]2(Cl)[C@H]3C[C@@H]4[C@H]([C@@H]3[C@@]1(Cl)C2(Cl)Cl)[C@@]1(Cl)C(Cl)=C(Cl)[C@@]4(Cl)C1(Cl)Cl. The summed E-state index contributed by atoms with van der Waals surface area (Å²) in [4.78, 5) is -5.83. The molecule has 5 aliphatic rings. The second-order valence-corrected chi connectivity index (χ2v) is 14.3. The number of hydrogen-bond acceptors (Lipinski definition) is 0. The molecule has 0 spiro atoms. The normalized spacial score (nSPS) is 59.1. The second-order valence-electron chi connectivity index (χ2n) is 7.75. The molecule has 0 saturated heterocycles. The van der Waals surface area contributed by atoms with E-state index in [4.69, 9.17) is 139 Å².